The first-order chi connectivity index (χ1) is 16.4. The third-order valence-electron chi connectivity index (χ3n) is 4.97. The normalized spacial score (nSPS) is 14.8. The number of nitrogens with zero attached hydrogens (tertiary/aromatic N) is 2. The Kier molecular flexibility index (Phi) is 8.39. The summed E-state index contributed by atoms with van der Waals surface area (Å²) in [6.45, 7) is 0.369. The summed E-state index contributed by atoms with van der Waals surface area (Å²) in [6, 6.07) is 15.0. The van der Waals surface area contributed by atoms with Crippen LogP contribution in [-0.2, 0) is 16.0 Å². The molecule has 0 unspecified atom stereocenters. The summed E-state index contributed by atoms with van der Waals surface area (Å²) in [5, 5.41) is 4.65. The minimum absolute atomic E-state index is 0.157. The highest BCUT2D eigenvalue weighted by Crippen LogP contribution is 2.34. The molecule has 0 radical (unpaired) electrons. The van der Waals surface area contributed by atoms with E-state index in [0.29, 0.717) is 43.8 Å². The zero-order chi connectivity index (χ0) is 24.1. The van der Waals surface area contributed by atoms with Gasteiger partial charge in [-0.1, -0.05) is 83.6 Å². The number of anilines is 1. The Morgan fingerprint density at radius 2 is 1.85 bits per heavy atom. The molecule has 1 aliphatic heterocycles. The van der Waals surface area contributed by atoms with E-state index in [1.54, 1.807) is 18.3 Å². The predicted octanol–water partition coefficient (Wildman–Crippen LogP) is 6.66. The molecule has 1 aliphatic rings. The second kappa shape index (κ2) is 11.5. The van der Waals surface area contributed by atoms with Gasteiger partial charge >= 0.3 is 0 Å². The van der Waals surface area contributed by atoms with Crippen molar-refractivity contribution in [1.82, 2.24) is 9.88 Å². The minimum Gasteiger partial charge on any atom is -0.302 e. The van der Waals surface area contributed by atoms with Gasteiger partial charge in [-0.15, -0.1) is 11.3 Å². The topological polar surface area (TPSA) is 62.3 Å². The number of nitrogens with one attached hydrogen (secondary N) is 1. The van der Waals surface area contributed by atoms with Crippen LogP contribution in [0.3, 0.4) is 0 Å². The fraction of sp³-hybridized carbons (Fsp3) is 0.167. The smallest absolute Gasteiger partial charge is 0.266 e. The van der Waals surface area contributed by atoms with E-state index >= 15 is 0 Å². The maximum atomic E-state index is 12.8. The summed E-state index contributed by atoms with van der Waals surface area (Å²) in [5.74, 6) is -0.324. The van der Waals surface area contributed by atoms with Crippen molar-refractivity contribution in [2.45, 2.75) is 19.3 Å². The minimum atomic E-state index is -0.167. The molecule has 0 spiro atoms. The number of carbonyl (C=O) groups excluding carboxylic acids is 2. The molecule has 1 N–H and O–H groups in total. The van der Waals surface area contributed by atoms with Crippen molar-refractivity contribution in [3.8, 4) is 0 Å². The van der Waals surface area contributed by atoms with Crippen molar-refractivity contribution in [1.29, 1.82) is 0 Å². The third-order valence-corrected chi connectivity index (χ3v) is 7.98. The van der Waals surface area contributed by atoms with Crippen LogP contribution >= 0.6 is 58.5 Å². The maximum Gasteiger partial charge on any atom is 0.266 e. The Labute approximate surface area is 221 Å². The lowest BCUT2D eigenvalue weighted by Gasteiger charge is -2.13. The molecule has 0 aliphatic carbocycles. The van der Waals surface area contributed by atoms with Crippen LogP contribution < -0.4 is 5.32 Å². The largest absolute Gasteiger partial charge is 0.302 e. The molecule has 34 heavy (non-hydrogen) atoms. The molecule has 0 atom stereocenters. The Bertz CT molecular complexity index is 1280. The number of thiazole rings is 1. The second-order valence-corrected chi connectivity index (χ2v) is 11.0. The van der Waals surface area contributed by atoms with Crippen LogP contribution in [0.1, 0.15) is 28.8 Å². The number of hydrogen-bond donors (Lipinski definition) is 1. The lowest BCUT2D eigenvalue weighted by Crippen LogP contribution is -2.29. The fourth-order valence-electron chi connectivity index (χ4n) is 3.28. The first kappa shape index (κ1) is 24.9. The molecule has 5 nitrogen and oxygen atoms in total. The van der Waals surface area contributed by atoms with E-state index in [1.165, 1.54) is 28.0 Å². The summed E-state index contributed by atoms with van der Waals surface area (Å²) in [6.07, 6.45) is 4.88. The Hall–Kier alpha value is -2.23. The maximum absolute atomic E-state index is 12.8. The molecule has 2 heterocycles. The van der Waals surface area contributed by atoms with Crippen molar-refractivity contribution in [3.05, 3.63) is 85.7 Å². The fourth-order valence-corrected chi connectivity index (χ4v) is 5.83. The average Bonchev–Trinajstić information content (AvgIpc) is 3.35. The molecular weight excluding hydrogens is 529 g/mol. The van der Waals surface area contributed by atoms with Gasteiger partial charge in [-0.25, -0.2) is 4.98 Å². The molecule has 4 rings (SSSR count). The number of carbonyl (C=O) groups is 2. The van der Waals surface area contributed by atoms with Gasteiger partial charge in [0.15, 0.2) is 5.13 Å². The van der Waals surface area contributed by atoms with Crippen LogP contribution in [0, 0.1) is 0 Å². The number of hydrogen-bond acceptors (Lipinski definition) is 6. The molecule has 0 bridgehead atoms. The number of rotatable bonds is 8. The van der Waals surface area contributed by atoms with Crippen molar-refractivity contribution in [2.24, 2.45) is 0 Å². The molecule has 174 valence electrons. The van der Waals surface area contributed by atoms with Crippen LogP contribution in [0.15, 0.2) is 59.6 Å². The van der Waals surface area contributed by atoms with E-state index in [0.717, 1.165) is 16.0 Å². The summed E-state index contributed by atoms with van der Waals surface area (Å²) in [7, 11) is 0. The third kappa shape index (κ3) is 6.25. The van der Waals surface area contributed by atoms with E-state index in [2.05, 4.69) is 10.3 Å². The molecule has 10 heteroatoms. The SMILES string of the molecule is O=C(CCCN1C(=O)/C(=C/c2ccccc2Cl)SC1=S)Nc1ncc(Cc2ccccc2Cl)s1. The van der Waals surface area contributed by atoms with Gasteiger partial charge in [0.05, 0.1) is 4.91 Å². The molecule has 1 saturated heterocycles. The van der Waals surface area contributed by atoms with E-state index in [1.807, 2.05) is 42.5 Å². The van der Waals surface area contributed by atoms with Crippen LogP contribution in [0.5, 0.6) is 0 Å². The first-order valence-corrected chi connectivity index (χ1v) is 13.2. The highest BCUT2D eigenvalue weighted by Gasteiger charge is 2.31. The monoisotopic (exact) mass is 547 g/mol. The van der Waals surface area contributed by atoms with E-state index < -0.39 is 0 Å². The van der Waals surface area contributed by atoms with E-state index in [-0.39, 0.29) is 18.2 Å². The first-order valence-electron chi connectivity index (χ1n) is 10.4. The predicted molar refractivity (Wildman–Crippen MR) is 146 cm³/mol. The van der Waals surface area contributed by atoms with Crippen molar-refractivity contribution in [3.63, 3.8) is 0 Å². The van der Waals surface area contributed by atoms with E-state index in [9.17, 15) is 9.59 Å². The standard InChI is InChI=1S/C24H19Cl2N3O2S3/c25-18-8-3-1-6-15(18)12-17-14-27-23(33-17)28-21(30)10-5-11-29-22(31)20(34-24(29)32)13-16-7-2-4-9-19(16)26/h1-4,6-9,13-14H,5,10-12H2,(H,27,28,30)/b20-13-. The van der Waals surface area contributed by atoms with Gasteiger partial charge in [0, 0.05) is 40.5 Å². The lowest BCUT2D eigenvalue weighted by atomic mass is 10.1. The number of thiocarbonyl (C=S) groups is 1. The molecule has 1 aromatic heterocycles. The summed E-state index contributed by atoms with van der Waals surface area (Å²) in [4.78, 5) is 32.5. The number of thioether (sulfide) groups is 1. The van der Waals surface area contributed by atoms with Crippen LogP contribution in [0.2, 0.25) is 10.0 Å². The lowest BCUT2D eigenvalue weighted by molar-refractivity contribution is -0.122. The van der Waals surface area contributed by atoms with Gasteiger partial charge in [-0.3, -0.25) is 14.5 Å². The van der Waals surface area contributed by atoms with Crippen LogP contribution in [0.4, 0.5) is 5.13 Å². The Balaban J connectivity index is 1.27. The highest BCUT2D eigenvalue weighted by atomic mass is 35.5. The highest BCUT2D eigenvalue weighted by molar-refractivity contribution is 8.26. The van der Waals surface area contributed by atoms with Crippen LogP contribution in [-0.4, -0.2) is 32.6 Å². The van der Waals surface area contributed by atoms with Gasteiger partial charge < -0.3 is 5.32 Å². The van der Waals surface area contributed by atoms with Gasteiger partial charge in [-0.2, -0.15) is 0 Å². The van der Waals surface area contributed by atoms with Crippen LogP contribution in [0.25, 0.3) is 6.08 Å². The molecule has 2 aromatic carbocycles. The molecular formula is C24H19Cl2N3O2S3. The summed E-state index contributed by atoms with van der Waals surface area (Å²) in [5.41, 5.74) is 1.78. The number of amides is 2. The van der Waals surface area contributed by atoms with Crippen molar-refractivity contribution >= 4 is 85.9 Å². The van der Waals surface area contributed by atoms with Crippen molar-refractivity contribution in [2.75, 3.05) is 11.9 Å². The number of aromatic nitrogens is 1. The zero-order valence-corrected chi connectivity index (χ0v) is 21.8. The van der Waals surface area contributed by atoms with Crippen molar-refractivity contribution < 1.29 is 9.59 Å². The summed E-state index contributed by atoms with van der Waals surface area (Å²) < 4.78 is 0.479. The van der Waals surface area contributed by atoms with Gasteiger partial charge in [0.25, 0.3) is 5.91 Å². The molecule has 2 amide bonds. The molecule has 3 aromatic rings. The van der Waals surface area contributed by atoms with E-state index in [4.69, 9.17) is 35.4 Å². The Morgan fingerprint density at radius 1 is 1.12 bits per heavy atom. The van der Waals surface area contributed by atoms with Gasteiger partial charge in [0.2, 0.25) is 5.91 Å². The van der Waals surface area contributed by atoms with Gasteiger partial charge in [-0.05, 0) is 35.8 Å². The Morgan fingerprint density at radius 3 is 2.62 bits per heavy atom. The zero-order valence-electron chi connectivity index (χ0n) is 17.8. The molecule has 1 fully saturated rings. The number of benzene rings is 2. The summed E-state index contributed by atoms with van der Waals surface area (Å²) >= 11 is 20.4. The van der Waals surface area contributed by atoms with Gasteiger partial charge in [0.1, 0.15) is 4.32 Å². The second-order valence-electron chi connectivity index (χ2n) is 7.41. The molecule has 0 saturated carbocycles. The quantitative estimate of drug-likeness (QED) is 0.252. The average molecular weight is 549 g/mol. The number of halogens is 2.